The topological polar surface area (TPSA) is 69.5 Å². The Morgan fingerprint density at radius 1 is 1.19 bits per heavy atom. The highest BCUT2D eigenvalue weighted by Crippen LogP contribution is 2.31. The van der Waals surface area contributed by atoms with E-state index in [1.54, 1.807) is 37.3 Å². The second-order valence-electron chi connectivity index (χ2n) is 8.67. The van der Waals surface area contributed by atoms with Crippen LogP contribution in [0.5, 0.6) is 5.75 Å². The molecule has 0 saturated carbocycles. The molecule has 1 aliphatic rings. The van der Waals surface area contributed by atoms with Gasteiger partial charge in [0, 0.05) is 19.2 Å². The number of carbonyl (C=O) groups is 1. The zero-order valence-corrected chi connectivity index (χ0v) is 18.4. The third kappa shape index (κ3) is 6.10. The van der Waals surface area contributed by atoms with E-state index in [0.717, 1.165) is 6.07 Å². The first kappa shape index (κ1) is 23.8. The Bertz CT molecular complexity index is 961. The van der Waals surface area contributed by atoms with Crippen molar-refractivity contribution in [2.45, 2.75) is 58.4 Å². The Hall–Kier alpha value is -2.85. The van der Waals surface area contributed by atoms with E-state index >= 15 is 0 Å². The summed E-state index contributed by atoms with van der Waals surface area (Å²) >= 11 is 0. The van der Waals surface area contributed by atoms with Crippen LogP contribution in [0.25, 0.3) is 11.4 Å². The second-order valence-corrected chi connectivity index (χ2v) is 8.67. The van der Waals surface area contributed by atoms with Gasteiger partial charge in [0.2, 0.25) is 0 Å². The monoisotopic (exact) mass is 458 g/mol. The zero-order valence-electron chi connectivity index (χ0n) is 18.4. The van der Waals surface area contributed by atoms with Crippen LogP contribution in [0.1, 0.15) is 45.5 Å². The summed E-state index contributed by atoms with van der Waals surface area (Å²) in [5.74, 6) is -0.272. The van der Waals surface area contributed by atoms with Gasteiger partial charge in [-0.1, -0.05) is 0 Å². The van der Waals surface area contributed by atoms with Crippen molar-refractivity contribution in [3.8, 4) is 17.1 Å². The van der Waals surface area contributed by atoms with Gasteiger partial charge >= 0.3 is 12.3 Å². The second kappa shape index (κ2) is 8.95. The van der Waals surface area contributed by atoms with E-state index in [9.17, 15) is 22.4 Å². The van der Waals surface area contributed by atoms with Gasteiger partial charge in [-0.3, -0.25) is 0 Å². The molecule has 176 valence electrons. The highest BCUT2D eigenvalue weighted by Gasteiger charge is 2.31. The van der Waals surface area contributed by atoms with Crippen molar-refractivity contribution in [3.05, 3.63) is 29.8 Å². The molecule has 0 spiro atoms. The Kier molecular flexibility index (Phi) is 6.66. The zero-order chi connectivity index (χ0) is 23.7. The summed E-state index contributed by atoms with van der Waals surface area (Å²) in [5, 5.41) is 4.40. The van der Waals surface area contributed by atoms with Crippen molar-refractivity contribution >= 4 is 6.09 Å². The van der Waals surface area contributed by atoms with Crippen molar-refractivity contribution in [2.24, 2.45) is 0 Å². The van der Waals surface area contributed by atoms with Gasteiger partial charge in [0.25, 0.3) is 0 Å². The third-order valence-electron chi connectivity index (χ3n) is 4.78. The lowest BCUT2D eigenvalue weighted by Gasteiger charge is -2.33. The fourth-order valence-electron chi connectivity index (χ4n) is 3.42. The summed E-state index contributed by atoms with van der Waals surface area (Å²) in [6.07, 6.45) is -3.75. The molecule has 0 atom stereocenters. The highest BCUT2D eigenvalue weighted by atomic mass is 19.4. The van der Waals surface area contributed by atoms with E-state index < -0.39 is 24.2 Å². The Balaban J connectivity index is 1.74. The molecule has 1 fully saturated rings. The summed E-state index contributed by atoms with van der Waals surface area (Å²) in [4.78, 5) is 18.2. The average molecular weight is 458 g/mol. The van der Waals surface area contributed by atoms with Crippen LogP contribution in [0.3, 0.4) is 0 Å². The third-order valence-corrected chi connectivity index (χ3v) is 4.78. The molecule has 11 heteroatoms. The minimum atomic E-state index is -4.51. The number of hydrogen-bond donors (Lipinski definition) is 0. The first-order valence-corrected chi connectivity index (χ1v) is 10.2. The Morgan fingerprint density at radius 2 is 1.84 bits per heavy atom. The largest absolute Gasteiger partial charge is 0.484 e. The van der Waals surface area contributed by atoms with E-state index in [1.807, 2.05) is 0 Å². The summed E-state index contributed by atoms with van der Waals surface area (Å²) in [5.41, 5.74) is -0.475. The normalized spacial score (nSPS) is 15.7. The van der Waals surface area contributed by atoms with Crippen LogP contribution < -0.4 is 4.74 Å². The minimum absolute atomic E-state index is 0.111. The van der Waals surface area contributed by atoms with Crippen LogP contribution in [-0.2, 0) is 4.74 Å². The Labute approximate surface area is 183 Å². The maximum atomic E-state index is 14.7. The number of aryl methyl sites for hydroxylation is 1. The summed E-state index contributed by atoms with van der Waals surface area (Å²) < 4.78 is 63.4. The summed E-state index contributed by atoms with van der Waals surface area (Å²) in [7, 11) is 0. The molecule has 1 aromatic heterocycles. The molecule has 1 amide bonds. The quantitative estimate of drug-likeness (QED) is 0.610. The van der Waals surface area contributed by atoms with Gasteiger partial charge in [0.05, 0.1) is 11.6 Å². The first-order valence-electron chi connectivity index (χ1n) is 10.2. The van der Waals surface area contributed by atoms with Gasteiger partial charge < -0.3 is 14.4 Å². The SMILES string of the molecule is Cc1nc(-c2ccc(OCC(F)(F)F)cc2F)n(C2CCN(C(=O)OC(C)(C)C)CC2)n1. The number of likely N-dealkylation sites (tertiary alicyclic amines) is 1. The van der Waals surface area contributed by atoms with Crippen molar-refractivity contribution in [3.63, 3.8) is 0 Å². The van der Waals surface area contributed by atoms with Gasteiger partial charge in [-0.2, -0.15) is 18.3 Å². The first-order chi connectivity index (χ1) is 14.8. The van der Waals surface area contributed by atoms with Gasteiger partial charge in [-0.15, -0.1) is 0 Å². The molecule has 1 aliphatic heterocycles. The number of nitrogens with zero attached hydrogens (tertiary/aromatic N) is 4. The van der Waals surface area contributed by atoms with Crippen LogP contribution in [0.4, 0.5) is 22.4 Å². The van der Waals surface area contributed by atoms with Gasteiger partial charge in [0.1, 0.15) is 23.0 Å². The smallest absolute Gasteiger partial charge is 0.422 e. The van der Waals surface area contributed by atoms with Gasteiger partial charge in [0.15, 0.2) is 12.4 Å². The summed E-state index contributed by atoms with van der Waals surface area (Å²) in [6, 6.07) is 3.38. The summed E-state index contributed by atoms with van der Waals surface area (Å²) in [6.45, 7) is 6.48. The number of aromatic nitrogens is 3. The lowest BCUT2D eigenvalue weighted by atomic mass is 10.0. The molecule has 0 radical (unpaired) electrons. The van der Waals surface area contributed by atoms with Crippen molar-refractivity contribution in [1.29, 1.82) is 0 Å². The maximum Gasteiger partial charge on any atom is 0.422 e. The lowest BCUT2D eigenvalue weighted by molar-refractivity contribution is -0.153. The fourth-order valence-corrected chi connectivity index (χ4v) is 3.42. The predicted molar refractivity (Wildman–Crippen MR) is 108 cm³/mol. The van der Waals surface area contributed by atoms with Crippen LogP contribution in [0.15, 0.2) is 18.2 Å². The van der Waals surface area contributed by atoms with Crippen molar-refractivity contribution < 1.29 is 31.8 Å². The number of carbonyl (C=O) groups excluding carboxylic acids is 1. The number of benzene rings is 1. The molecular weight excluding hydrogens is 432 g/mol. The molecule has 2 aromatic rings. The number of rotatable bonds is 4. The van der Waals surface area contributed by atoms with Crippen molar-refractivity contribution in [1.82, 2.24) is 19.7 Å². The van der Waals surface area contributed by atoms with E-state index in [0.29, 0.717) is 31.8 Å². The van der Waals surface area contributed by atoms with Crippen LogP contribution in [-0.4, -0.2) is 57.2 Å². The number of amides is 1. The maximum absolute atomic E-state index is 14.7. The van der Waals surface area contributed by atoms with Gasteiger partial charge in [-0.05, 0) is 52.7 Å². The lowest BCUT2D eigenvalue weighted by Crippen LogP contribution is -2.42. The molecule has 0 N–H and O–H groups in total. The molecule has 1 aromatic carbocycles. The number of piperidine rings is 1. The number of alkyl halides is 3. The molecule has 0 aliphatic carbocycles. The van der Waals surface area contributed by atoms with E-state index in [1.165, 1.54) is 12.1 Å². The molecule has 1 saturated heterocycles. The standard InChI is InChI=1S/C21H26F4N4O3/c1-13-26-18(16-6-5-15(11-17(16)22)31-12-21(23,24)25)29(27-13)14-7-9-28(10-8-14)19(30)32-20(2,3)4/h5-6,11,14H,7-10,12H2,1-4H3. The molecule has 32 heavy (non-hydrogen) atoms. The predicted octanol–water partition coefficient (Wildman–Crippen LogP) is 4.91. The molecular formula is C21H26F4N4O3. The minimum Gasteiger partial charge on any atom is -0.484 e. The van der Waals surface area contributed by atoms with Crippen molar-refractivity contribution in [2.75, 3.05) is 19.7 Å². The van der Waals surface area contributed by atoms with Gasteiger partial charge in [-0.25, -0.2) is 18.9 Å². The fraction of sp³-hybridized carbons (Fsp3) is 0.571. The number of hydrogen-bond acceptors (Lipinski definition) is 5. The molecule has 0 bridgehead atoms. The average Bonchev–Trinajstić information content (AvgIpc) is 3.06. The molecule has 0 unspecified atom stereocenters. The van der Waals surface area contributed by atoms with E-state index in [2.05, 4.69) is 14.8 Å². The number of halogens is 4. The number of ether oxygens (including phenoxy) is 2. The van der Waals surface area contributed by atoms with Crippen LogP contribution in [0.2, 0.25) is 0 Å². The van der Waals surface area contributed by atoms with Crippen LogP contribution in [0, 0.1) is 12.7 Å². The molecule has 2 heterocycles. The van der Waals surface area contributed by atoms with Crippen LogP contribution >= 0.6 is 0 Å². The molecule has 7 nitrogen and oxygen atoms in total. The highest BCUT2D eigenvalue weighted by molar-refractivity contribution is 5.68. The van der Waals surface area contributed by atoms with E-state index in [-0.39, 0.29) is 29.3 Å². The molecule has 3 rings (SSSR count). The Morgan fingerprint density at radius 3 is 2.41 bits per heavy atom. The van der Waals surface area contributed by atoms with E-state index in [4.69, 9.17) is 4.74 Å².